The zero-order chi connectivity index (χ0) is 20.7. The molecule has 9 heteroatoms. The molecule has 1 amide bonds. The van der Waals surface area contributed by atoms with Gasteiger partial charge in [-0.15, -0.1) is 0 Å². The van der Waals surface area contributed by atoms with Crippen LogP contribution in [0.15, 0.2) is 15.3 Å². The van der Waals surface area contributed by atoms with E-state index in [1.807, 2.05) is 0 Å². The molecule has 0 aliphatic rings. The summed E-state index contributed by atoms with van der Waals surface area (Å²) in [6, 6.07) is 1.47. The molecule has 0 fully saturated rings. The van der Waals surface area contributed by atoms with Gasteiger partial charge in [0, 0.05) is 38.1 Å². The van der Waals surface area contributed by atoms with Gasteiger partial charge in [-0.25, -0.2) is 4.79 Å². The lowest BCUT2D eigenvalue weighted by atomic mass is 9.99. The Morgan fingerprint density at radius 2 is 2.00 bits per heavy atom. The van der Waals surface area contributed by atoms with Gasteiger partial charge in [0.05, 0.1) is 20.3 Å². The predicted octanol–water partition coefficient (Wildman–Crippen LogP) is 1.16. The first-order chi connectivity index (χ1) is 13.5. The topological polar surface area (TPSA) is 124 Å². The number of benzene rings is 1. The molecule has 1 aromatic heterocycles. The second kappa shape index (κ2) is 9.86. The molecule has 9 nitrogen and oxygen atoms in total. The van der Waals surface area contributed by atoms with Crippen LogP contribution in [-0.4, -0.2) is 51.8 Å². The standard InChI is InChI=1S/C19H23NO8/c1-25-7-6-20-16(22)5-4-11-14(10-26-2)12-8-15(27-3)17(23)13(9-21)18(12)28-19(11)24/h8-9,23H,4-7,10H2,1-3H3,(H,20,22). The van der Waals surface area contributed by atoms with Crippen LogP contribution in [0.4, 0.5) is 0 Å². The molecule has 0 saturated carbocycles. The summed E-state index contributed by atoms with van der Waals surface area (Å²) in [5.41, 5.74) is -0.205. The Hall–Kier alpha value is -2.91. The van der Waals surface area contributed by atoms with E-state index in [4.69, 9.17) is 18.6 Å². The predicted molar refractivity (Wildman–Crippen MR) is 100 cm³/mol. The number of phenols is 1. The Balaban J connectivity index is 2.51. The number of rotatable bonds is 10. The maximum atomic E-state index is 12.5. The molecule has 28 heavy (non-hydrogen) atoms. The van der Waals surface area contributed by atoms with Crippen molar-refractivity contribution in [2.24, 2.45) is 0 Å². The SMILES string of the molecule is COCCNC(=O)CCc1c(COC)c2cc(OC)c(O)c(C=O)c2oc1=O. The Bertz CT molecular complexity index is 919. The minimum absolute atomic E-state index is 0.0505. The Labute approximate surface area is 161 Å². The summed E-state index contributed by atoms with van der Waals surface area (Å²) in [6.07, 6.45) is 0.574. The number of hydrogen-bond donors (Lipinski definition) is 2. The zero-order valence-corrected chi connectivity index (χ0v) is 16.0. The Morgan fingerprint density at radius 3 is 2.61 bits per heavy atom. The minimum Gasteiger partial charge on any atom is -0.504 e. The number of ether oxygens (including phenoxy) is 3. The molecule has 0 unspecified atom stereocenters. The minimum atomic E-state index is -0.697. The summed E-state index contributed by atoms with van der Waals surface area (Å²) in [5, 5.41) is 13.2. The zero-order valence-electron chi connectivity index (χ0n) is 16.0. The van der Waals surface area contributed by atoms with Crippen molar-refractivity contribution in [1.29, 1.82) is 0 Å². The first-order valence-electron chi connectivity index (χ1n) is 8.56. The molecule has 0 aliphatic carbocycles. The molecule has 2 rings (SSSR count). The summed E-state index contributed by atoms with van der Waals surface area (Å²) in [5.74, 6) is -0.595. The Morgan fingerprint density at radius 1 is 1.25 bits per heavy atom. The van der Waals surface area contributed by atoms with Crippen LogP contribution in [0.5, 0.6) is 11.5 Å². The molecule has 152 valence electrons. The number of nitrogens with one attached hydrogen (secondary N) is 1. The van der Waals surface area contributed by atoms with Crippen LogP contribution in [0, 0.1) is 0 Å². The fourth-order valence-corrected chi connectivity index (χ4v) is 2.87. The molecule has 0 bridgehead atoms. The maximum absolute atomic E-state index is 12.5. The van der Waals surface area contributed by atoms with E-state index >= 15 is 0 Å². The third-order valence-electron chi connectivity index (χ3n) is 4.24. The van der Waals surface area contributed by atoms with Crippen LogP contribution in [0.1, 0.15) is 27.9 Å². The van der Waals surface area contributed by atoms with Crippen molar-refractivity contribution in [2.45, 2.75) is 19.4 Å². The first-order valence-corrected chi connectivity index (χ1v) is 8.56. The average Bonchev–Trinajstić information content (AvgIpc) is 2.67. The smallest absolute Gasteiger partial charge is 0.339 e. The van der Waals surface area contributed by atoms with Crippen LogP contribution < -0.4 is 15.7 Å². The van der Waals surface area contributed by atoms with Crippen LogP contribution in [0.3, 0.4) is 0 Å². The summed E-state index contributed by atoms with van der Waals surface area (Å²) in [4.78, 5) is 35.9. The highest BCUT2D eigenvalue weighted by Crippen LogP contribution is 2.37. The lowest BCUT2D eigenvalue weighted by Gasteiger charge is -2.14. The molecule has 0 aliphatic heterocycles. The molecular weight excluding hydrogens is 370 g/mol. The van der Waals surface area contributed by atoms with Gasteiger partial charge >= 0.3 is 5.63 Å². The molecule has 1 heterocycles. The largest absolute Gasteiger partial charge is 0.504 e. The molecule has 0 spiro atoms. The number of amides is 1. The van der Waals surface area contributed by atoms with Crippen molar-refractivity contribution in [2.75, 3.05) is 34.5 Å². The van der Waals surface area contributed by atoms with E-state index in [0.717, 1.165) is 0 Å². The molecule has 2 N–H and O–H groups in total. The number of fused-ring (bicyclic) bond motifs is 1. The van der Waals surface area contributed by atoms with Gasteiger partial charge in [-0.05, 0) is 18.1 Å². The van der Waals surface area contributed by atoms with Crippen LogP contribution >= 0.6 is 0 Å². The van der Waals surface area contributed by atoms with Gasteiger partial charge in [0.1, 0.15) is 5.56 Å². The van der Waals surface area contributed by atoms with Crippen LogP contribution in [0.2, 0.25) is 0 Å². The van der Waals surface area contributed by atoms with Gasteiger partial charge in [-0.2, -0.15) is 0 Å². The molecule has 0 atom stereocenters. The maximum Gasteiger partial charge on any atom is 0.339 e. The normalized spacial score (nSPS) is 10.8. The van der Waals surface area contributed by atoms with E-state index in [1.165, 1.54) is 27.4 Å². The van der Waals surface area contributed by atoms with Gasteiger partial charge in [-0.3, -0.25) is 9.59 Å². The quantitative estimate of drug-likeness (QED) is 0.350. The van der Waals surface area contributed by atoms with Crippen molar-refractivity contribution in [3.63, 3.8) is 0 Å². The number of phenolic OH excluding ortho intramolecular Hbond substituents is 1. The number of carbonyl (C=O) groups is 2. The van der Waals surface area contributed by atoms with Crippen molar-refractivity contribution < 1.29 is 33.3 Å². The highest BCUT2D eigenvalue weighted by Gasteiger charge is 2.22. The molecule has 0 radical (unpaired) electrons. The number of aldehydes is 1. The number of methoxy groups -OCH3 is 3. The summed E-state index contributed by atoms with van der Waals surface area (Å²) in [7, 11) is 4.33. The number of carbonyl (C=O) groups excluding carboxylic acids is 2. The van der Waals surface area contributed by atoms with Crippen molar-refractivity contribution in [3.05, 3.63) is 33.2 Å². The van der Waals surface area contributed by atoms with E-state index in [1.54, 1.807) is 0 Å². The monoisotopic (exact) mass is 393 g/mol. The molecule has 0 saturated heterocycles. The van der Waals surface area contributed by atoms with E-state index in [9.17, 15) is 19.5 Å². The molecule has 1 aromatic carbocycles. The van der Waals surface area contributed by atoms with Gasteiger partial charge in [0.25, 0.3) is 0 Å². The average molecular weight is 393 g/mol. The van der Waals surface area contributed by atoms with Crippen molar-refractivity contribution >= 4 is 23.2 Å². The second-order valence-electron chi connectivity index (χ2n) is 5.96. The van der Waals surface area contributed by atoms with Crippen molar-refractivity contribution in [1.82, 2.24) is 5.32 Å². The second-order valence-corrected chi connectivity index (χ2v) is 5.96. The van der Waals surface area contributed by atoms with E-state index in [0.29, 0.717) is 30.4 Å². The van der Waals surface area contributed by atoms with Gasteiger partial charge < -0.3 is 29.1 Å². The lowest BCUT2D eigenvalue weighted by Crippen LogP contribution is -2.27. The first kappa shape index (κ1) is 21.4. The van der Waals surface area contributed by atoms with Crippen LogP contribution in [0.25, 0.3) is 11.0 Å². The number of aromatic hydroxyl groups is 1. The molecular formula is C19H23NO8. The van der Waals surface area contributed by atoms with E-state index < -0.39 is 11.4 Å². The third kappa shape index (κ3) is 4.49. The summed E-state index contributed by atoms with van der Waals surface area (Å²) in [6.45, 7) is 0.803. The third-order valence-corrected chi connectivity index (χ3v) is 4.24. The van der Waals surface area contributed by atoms with E-state index in [-0.39, 0.29) is 47.8 Å². The van der Waals surface area contributed by atoms with E-state index in [2.05, 4.69) is 5.32 Å². The Kier molecular flexibility index (Phi) is 7.53. The highest BCUT2D eigenvalue weighted by molar-refractivity contribution is 6.00. The van der Waals surface area contributed by atoms with Gasteiger partial charge in [0.2, 0.25) is 5.91 Å². The number of hydrogen-bond acceptors (Lipinski definition) is 8. The fraction of sp³-hybridized carbons (Fsp3) is 0.421. The fourth-order valence-electron chi connectivity index (χ4n) is 2.87. The van der Waals surface area contributed by atoms with Crippen LogP contribution in [-0.2, 0) is 27.3 Å². The highest BCUT2D eigenvalue weighted by atomic mass is 16.5. The summed E-state index contributed by atoms with van der Waals surface area (Å²) >= 11 is 0. The van der Waals surface area contributed by atoms with Crippen molar-refractivity contribution in [3.8, 4) is 11.5 Å². The molecule has 2 aromatic rings. The lowest BCUT2D eigenvalue weighted by molar-refractivity contribution is -0.121. The van der Waals surface area contributed by atoms with Gasteiger partial charge in [0.15, 0.2) is 23.4 Å². The summed E-state index contributed by atoms with van der Waals surface area (Å²) < 4.78 is 20.5. The van der Waals surface area contributed by atoms with Gasteiger partial charge in [-0.1, -0.05) is 0 Å².